The Hall–Kier alpha value is -4.19. The first-order valence-corrected chi connectivity index (χ1v) is 10.3. The summed E-state index contributed by atoms with van der Waals surface area (Å²) in [6.07, 6.45) is 3.66. The number of amides is 1. The normalized spacial score (nSPS) is 10.5. The third kappa shape index (κ3) is 5.29. The number of ether oxygens (including phenoxy) is 1. The van der Waals surface area contributed by atoms with E-state index in [-0.39, 0.29) is 12.5 Å². The lowest BCUT2D eigenvalue weighted by molar-refractivity contribution is -0.119. The molecular weight excluding hydrogens is 402 g/mol. The van der Waals surface area contributed by atoms with Crippen LogP contribution in [0, 0.1) is 6.92 Å². The second-order valence-electron chi connectivity index (χ2n) is 7.44. The molecular formula is C26H23N3O3. The largest absolute Gasteiger partial charge is 0.452 e. The van der Waals surface area contributed by atoms with Gasteiger partial charge in [-0.1, -0.05) is 60.2 Å². The predicted molar refractivity (Wildman–Crippen MR) is 123 cm³/mol. The lowest BCUT2D eigenvalue weighted by atomic mass is 9.98. The molecule has 4 rings (SSSR count). The van der Waals surface area contributed by atoms with Gasteiger partial charge in [-0.2, -0.15) is 5.10 Å². The maximum atomic E-state index is 12.7. The van der Waals surface area contributed by atoms with E-state index < -0.39 is 5.97 Å². The van der Waals surface area contributed by atoms with Crippen LogP contribution in [0.5, 0.6) is 0 Å². The highest BCUT2D eigenvalue weighted by Crippen LogP contribution is 2.25. The zero-order valence-corrected chi connectivity index (χ0v) is 17.7. The van der Waals surface area contributed by atoms with Gasteiger partial charge in [-0.3, -0.25) is 9.48 Å². The average molecular weight is 425 g/mol. The summed E-state index contributed by atoms with van der Waals surface area (Å²) in [5.41, 5.74) is 4.92. The van der Waals surface area contributed by atoms with E-state index >= 15 is 0 Å². The fourth-order valence-electron chi connectivity index (χ4n) is 3.33. The van der Waals surface area contributed by atoms with Gasteiger partial charge in [0.25, 0.3) is 5.91 Å². The number of carbonyl (C=O) groups excluding carboxylic acids is 2. The number of carbonyl (C=O) groups is 2. The van der Waals surface area contributed by atoms with Gasteiger partial charge in [0.2, 0.25) is 0 Å². The van der Waals surface area contributed by atoms with Gasteiger partial charge in [-0.05, 0) is 47.9 Å². The van der Waals surface area contributed by atoms with Gasteiger partial charge < -0.3 is 10.1 Å². The minimum absolute atomic E-state index is 0.357. The number of anilines is 1. The molecule has 0 unspecified atom stereocenters. The Morgan fingerprint density at radius 3 is 2.41 bits per heavy atom. The van der Waals surface area contributed by atoms with Crippen LogP contribution in [0.3, 0.4) is 0 Å². The summed E-state index contributed by atoms with van der Waals surface area (Å²) in [6.45, 7) is 2.29. The number of nitrogens with zero attached hydrogens (tertiary/aromatic N) is 2. The van der Waals surface area contributed by atoms with Crippen molar-refractivity contribution in [3.63, 3.8) is 0 Å². The van der Waals surface area contributed by atoms with Gasteiger partial charge in [-0.15, -0.1) is 0 Å². The summed E-state index contributed by atoms with van der Waals surface area (Å²) in [6, 6.07) is 24.5. The van der Waals surface area contributed by atoms with Crippen LogP contribution in [0.15, 0.2) is 91.3 Å². The van der Waals surface area contributed by atoms with Crippen molar-refractivity contribution >= 4 is 17.6 Å². The third-order valence-electron chi connectivity index (χ3n) is 4.99. The Balaban J connectivity index is 1.41. The van der Waals surface area contributed by atoms with Crippen molar-refractivity contribution in [1.82, 2.24) is 9.78 Å². The van der Waals surface area contributed by atoms with E-state index in [1.165, 1.54) is 0 Å². The van der Waals surface area contributed by atoms with Gasteiger partial charge in [0.15, 0.2) is 6.61 Å². The maximum Gasteiger partial charge on any atom is 0.339 e. The van der Waals surface area contributed by atoms with E-state index in [0.717, 1.165) is 22.3 Å². The molecule has 0 fully saturated rings. The van der Waals surface area contributed by atoms with Crippen LogP contribution in [0.4, 0.5) is 5.69 Å². The number of esters is 1. The summed E-state index contributed by atoms with van der Waals surface area (Å²) in [5.74, 6) is -0.928. The number of hydrogen-bond acceptors (Lipinski definition) is 4. The van der Waals surface area contributed by atoms with Crippen molar-refractivity contribution < 1.29 is 14.3 Å². The average Bonchev–Trinajstić information content (AvgIpc) is 3.33. The van der Waals surface area contributed by atoms with Crippen molar-refractivity contribution in [2.75, 3.05) is 11.9 Å². The molecule has 3 aromatic carbocycles. The SMILES string of the molecule is Cc1ccc(NC(=O)COC(=O)c2ccccc2-c2ccc(Cn3cccn3)cc2)cc1. The monoisotopic (exact) mass is 425 g/mol. The Labute approximate surface area is 186 Å². The van der Waals surface area contributed by atoms with Crippen LogP contribution in [0.25, 0.3) is 11.1 Å². The predicted octanol–water partition coefficient (Wildman–Crippen LogP) is 4.70. The molecule has 0 saturated carbocycles. The Kier molecular flexibility index (Phi) is 6.41. The summed E-state index contributed by atoms with van der Waals surface area (Å²) in [4.78, 5) is 24.9. The molecule has 6 heteroatoms. The molecule has 1 N–H and O–H groups in total. The second kappa shape index (κ2) is 9.75. The molecule has 0 saturated heterocycles. The van der Waals surface area contributed by atoms with Crippen molar-refractivity contribution in [2.45, 2.75) is 13.5 Å². The molecule has 6 nitrogen and oxygen atoms in total. The van der Waals surface area contributed by atoms with Crippen LogP contribution in [0.1, 0.15) is 21.5 Å². The minimum Gasteiger partial charge on any atom is -0.452 e. The third-order valence-corrected chi connectivity index (χ3v) is 4.99. The fraction of sp³-hybridized carbons (Fsp3) is 0.115. The van der Waals surface area contributed by atoms with E-state index in [4.69, 9.17) is 4.74 Å². The molecule has 0 aliphatic carbocycles. The Morgan fingerprint density at radius 2 is 1.69 bits per heavy atom. The van der Waals surface area contributed by atoms with Gasteiger partial charge in [0.05, 0.1) is 12.1 Å². The molecule has 160 valence electrons. The molecule has 0 bridgehead atoms. The smallest absolute Gasteiger partial charge is 0.339 e. The molecule has 0 aliphatic heterocycles. The quantitative estimate of drug-likeness (QED) is 0.436. The standard InChI is InChI=1S/C26H23N3O3/c1-19-7-13-22(14-8-19)28-25(30)18-32-26(31)24-6-3-2-5-23(24)21-11-9-20(10-12-21)17-29-16-4-15-27-29/h2-16H,17-18H2,1H3,(H,28,30). The minimum atomic E-state index is -0.541. The number of hydrogen-bond donors (Lipinski definition) is 1. The van der Waals surface area contributed by atoms with E-state index in [2.05, 4.69) is 10.4 Å². The lowest BCUT2D eigenvalue weighted by Crippen LogP contribution is -2.21. The lowest BCUT2D eigenvalue weighted by Gasteiger charge is -2.11. The summed E-state index contributed by atoms with van der Waals surface area (Å²) in [7, 11) is 0. The van der Waals surface area contributed by atoms with Crippen LogP contribution in [-0.2, 0) is 16.1 Å². The number of rotatable bonds is 7. The second-order valence-corrected chi connectivity index (χ2v) is 7.44. The topological polar surface area (TPSA) is 73.2 Å². The van der Waals surface area contributed by atoms with Crippen molar-refractivity contribution in [3.05, 3.63) is 108 Å². The van der Waals surface area contributed by atoms with E-state index in [0.29, 0.717) is 17.8 Å². The molecule has 0 aliphatic rings. The molecule has 32 heavy (non-hydrogen) atoms. The van der Waals surface area contributed by atoms with Gasteiger partial charge in [0.1, 0.15) is 0 Å². The van der Waals surface area contributed by atoms with Gasteiger partial charge in [0, 0.05) is 18.1 Å². The molecule has 4 aromatic rings. The summed E-state index contributed by atoms with van der Waals surface area (Å²) < 4.78 is 7.13. The fourth-order valence-corrected chi connectivity index (χ4v) is 3.33. The first-order chi connectivity index (χ1) is 15.6. The summed E-state index contributed by atoms with van der Waals surface area (Å²) >= 11 is 0. The number of aromatic nitrogens is 2. The molecule has 0 atom stereocenters. The zero-order valence-electron chi connectivity index (χ0n) is 17.7. The molecule has 0 radical (unpaired) electrons. The molecule has 0 spiro atoms. The highest BCUT2D eigenvalue weighted by Gasteiger charge is 2.15. The molecule has 1 amide bonds. The van der Waals surface area contributed by atoms with Crippen LogP contribution < -0.4 is 5.32 Å². The molecule has 1 aromatic heterocycles. The number of benzene rings is 3. The first-order valence-electron chi connectivity index (χ1n) is 10.3. The Bertz CT molecular complexity index is 1200. The number of nitrogens with one attached hydrogen (secondary N) is 1. The highest BCUT2D eigenvalue weighted by molar-refractivity contribution is 5.99. The maximum absolute atomic E-state index is 12.7. The van der Waals surface area contributed by atoms with Crippen molar-refractivity contribution in [1.29, 1.82) is 0 Å². The van der Waals surface area contributed by atoms with E-state index in [1.54, 1.807) is 30.5 Å². The van der Waals surface area contributed by atoms with Crippen LogP contribution in [0.2, 0.25) is 0 Å². The molecule has 1 heterocycles. The van der Waals surface area contributed by atoms with E-state index in [1.807, 2.05) is 72.4 Å². The number of aryl methyl sites for hydroxylation is 1. The summed E-state index contributed by atoms with van der Waals surface area (Å²) in [5, 5.41) is 6.94. The highest BCUT2D eigenvalue weighted by atomic mass is 16.5. The first kappa shape index (κ1) is 21.1. The van der Waals surface area contributed by atoms with Crippen molar-refractivity contribution in [2.24, 2.45) is 0 Å². The zero-order chi connectivity index (χ0) is 22.3. The van der Waals surface area contributed by atoms with Crippen LogP contribution in [-0.4, -0.2) is 28.3 Å². The Morgan fingerprint density at radius 1 is 0.938 bits per heavy atom. The van der Waals surface area contributed by atoms with Gasteiger partial charge >= 0.3 is 5.97 Å². The van der Waals surface area contributed by atoms with Crippen LogP contribution >= 0.6 is 0 Å². The van der Waals surface area contributed by atoms with Gasteiger partial charge in [-0.25, -0.2) is 4.79 Å². The van der Waals surface area contributed by atoms with Crippen molar-refractivity contribution in [3.8, 4) is 11.1 Å². The van der Waals surface area contributed by atoms with E-state index in [9.17, 15) is 9.59 Å².